The number of phenolic OH excluding ortho intramolecular Hbond substituents is 1. The highest BCUT2D eigenvalue weighted by molar-refractivity contribution is 6.65. The van der Waals surface area contributed by atoms with Crippen LogP contribution in [0, 0.1) is 10.1 Å². The molecule has 1 aliphatic heterocycles. The van der Waals surface area contributed by atoms with Crippen molar-refractivity contribution in [3.05, 3.63) is 27.3 Å². The summed E-state index contributed by atoms with van der Waals surface area (Å²) < 4.78 is 11.6. The van der Waals surface area contributed by atoms with E-state index in [-0.39, 0.29) is 5.02 Å². The third-order valence-electron chi connectivity index (χ3n) is 3.80. The van der Waals surface area contributed by atoms with Gasteiger partial charge in [-0.05, 0) is 33.8 Å². The molecule has 6 nitrogen and oxygen atoms in total. The Bertz CT molecular complexity index is 559. The largest absolute Gasteiger partial charge is 0.502 e. The number of nitrogens with zero attached hydrogens (tertiary/aromatic N) is 1. The molecule has 1 aromatic rings. The number of halogens is 1. The van der Waals surface area contributed by atoms with E-state index in [1.54, 1.807) is 0 Å². The first-order valence-corrected chi connectivity index (χ1v) is 6.45. The van der Waals surface area contributed by atoms with E-state index in [2.05, 4.69) is 0 Å². The maximum absolute atomic E-state index is 10.7. The monoisotopic (exact) mass is 299 g/mol. The zero-order valence-electron chi connectivity index (χ0n) is 11.6. The van der Waals surface area contributed by atoms with Crippen LogP contribution in [0.3, 0.4) is 0 Å². The Hall–Kier alpha value is -1.31. The fourth-order valence-corrected chi connectivity index (χ4v) is 2.11. The van der Waals surface area contributed by atoms with Gasteiger partial charge in [-0.15, -0.1) is 0 Å². The van der Waals surface area contributed by atoms with Crippen LogP contribution in [-0.4, -0.2) is 28.4 Å². The highest BCUT2D eigenvalue weighted by Gasteiger charge is 2.52. The zero-order valence-corrected chi connectivity index (χ0v) is 12.4. The molecule has 108 valence electrons. The second-order valence-electron chi connectivity index (χ2n) is 5.71. The molecule has 20 heavy (non-hydrogen) atoms. The Morgan fingerprint density at radius 2 is 1.75 bits per heavy atom. The predicted molar refractivity (Wildman–Crippen MR) is 75.5 cm³/mol. The molecule has 0 atom stereocenters. The fraction of sp³-hybridized carbons (Fsp3) is 0.500. The van der Waals surface area contributed by atoms with Gasteiger partial charge in [0.2, 0.25) is 0 Å². The molecule has 0 bridgehead atoms. The van der Waals surface area contributed by atoms with E-state index in [0.717, 1.165) is 6.07 Å². The number of phenols is 1. The molecule has 0 saturated carbocycles. The van der Waals surface area contributed by atoms with E-state index >= 15 is 0 Å². The van der Waals surface area contributed by atoms with Crippen molar-refractivity contribution >= 4 is 29.9 Å². The smallest absolute Gasteiger partial charge is 0.496 e. The molecular formula is C12H15BClNO5. The quantitative estimate of drug-likeness (QED) is 0.514. The number of hydrogen-bond acceptors (Lipinski definition) is 5. The maximum Gasteiger partial charge on any atom is 0.496 e. The molecule has 1 aromatic carbocycles. The first kappa shape index (κ1) is 15.1. The maximum atomic E-state index is 10.7. The molecular weight excluding hydrogens is 284 g/mol. The van der Waals surface area contributed by atoms with E-state index in [0.29, 0.717) is 5.46 Å². The summed E-state index contributed by atoms with van der Waals surface area (Å²) in [4.78, 5) is 10.0. The molecule has 1 heterocycles. The lowest BCUT2D eigenvalue weighted by Crippen LogP contribution is -2.41. The van der Waals surface area contributed by atoms with Crippen LogP contribution in [0.4, 0.5) is 5.69 Å². The van der Waals surface area contributed by atoms with Gasteiger partial charge >= 0.3 is 12.8 Å². The van der Waals surface area contributed by atoms with Crippen molar-refractivity contribution in [3.63, 3.8) is 0 Å². The molecule has 0 radical (unpaired) electrons. The summed E-state index contributed by atoms with van der Waals surface area (Å²) in [5.41, 5.74) is -1.19. The lowest BCUT2D eigenvalue weighted by Gasteiger charge is -2.32. The van der Waals surface area contributed by atoms with Gasteiger partial charge in [0.15, 0.2) is 5.75 Å². The van der Waals surface area contributed by atoms with Crippen molar-refractivity contribution in [3.8, 4) is 5.75 Å². The highest BCUT2D eigenvalue weighted by Crippen LogP contribution is 2.38. The lowest BCUT2D eigenvalue weighted by molar-refractivity contribution is -0.385. The second-order valence-corrected chi connectivity index (χ2v) is 6.11. The third kappa shape index (κ3) is 2.37. The average Bonchev–Trinajstić information content (AvgIpc) is 2.50. The van der Waals surface area contributed by atoms with Crippen LogP contribution in [0.2, 0.25) is 5.02 Å². The van der Waals surface area contributed by atoms with Crippen molar-refractivity contribution in [1.29, 1.82) is 0 Å². The number of benzene rings is 1. The normalized spacial score (nSPS) is 20.1. The van der Waals surface area contributed by atoms with Gasteiger partial charge < -0.3 is 14.4 Å². The summed E-state index contributed by atoms with van der Waals surface area (Å²) in [5, 5.41) is 20.6. The van der Waals surface area contributed by atoms with Crippen LogP contribution in [-0.2, 0) is 9.31 Å². The van der Waals surface area contributed by atoms with Crippen LogP contribution in [0.5, 0.6) is 5.75 Å². The van der Waals surface area contributed by atoms with Crippen molar-refractivity contribution < 1.29 is 19.3 Å². The van der Waals surface area contributed by atoms with Gasteiger partial charge in [0.1, 0.15) is 0 Å². The number of nitro benzene ring substituents is 1. The summed E-state index contributed by atoms with van der Waals surface area (Å²) in [5.74, 6) is -0.468. The van der Waals surface area contributed by atoms with E-state index in [1.807, 2.05) is 27.7 Å². The van der Waals surface area contributed by atoms with Gasteiger partial charge in [0.05, 0.1) is 16.1 Å². The Morgan fingerprint density at radius 3 is 2.20 bits per heavy atom. The molecule has 1 fully saturated rings. The van der Waals surface area contributed by atoms with Crippen LogP contribution >= 0.6 is 11.6 Å². The number of aromatic hydroxyl groups is 1. The first-order chi connectivity index (χ1) is 9.05. The summed E-state index contributed by atoms with van der Waals surface area (Å²) >= 11 is 6.04. The minimum atomic E-state index is -0.779. The standard InChI is InChI=1S/C12H15BClNO5/c1-11(2)12(3,4)20-13(19-11)7-5-10(16)9(15(17)18)6-8(7)14/h5-6,16H,1-4H3. The zero-order chi connectivity index (χ0) is 15.3. The summed E-state index contributed by atoms with van der Waals surface area (Å²) in [6.07, 6.45) is 0. The first-order valence-electron chi connectivity index (χ1n) is 6.07. The van der Waals surface area contributed by atoms with E-state index < -0.39 is 34.7 Å². The van der Waals surface area contributed by atoms with Gasteiger partial charge in [0.25, 0.3) is 0 Å². The third-order valence-corrected chi connectivity index (χ3v) is 4.13. The van der Waals surface area contributed by atoms with Crippen molar-refractivity contribution in [2.75, 3.05) is 0 Å². The van der Waals surface area contributed by atoms with E-state index in [9.17, 15) is 15.2 Å². The molecule has 0 aliphatic carbocycles. The van der Waals surface area contributed by atoms with E-state index in [1.165, 1.54) is 6.07 Å². The summed E-state index contributed by atoms with van der Waals surface area (Å²) in [7, 11) is -0.779. The van der Waals surface area contributed by atoms with Gasteiger partial charge in [-0.25, -0.2) is 0 Å². The SMILES string of the molecule is CC1(C)OB(c2cc(O)c([N+](=O)[O-])cc2Cl)OC1(C)C. The minimum Gasteiger partial charge on any atom is -0.502 e. The topological polar surface area (TPSA) is 81.8 Å². The van der Waals surface area contributed by atoms with Crippen molar-refractivity contribution in [2.45, 2.75) is 38.9 Å². The summed E-state index contributed by atoms with van der Waals surface area (Å²) in [6.45, 7) is 7.52. The average molecular weight is 300 g/mol. The lowest BCUT2D eigenvalue weighted by atomic mass is 9.79. The van der Waals surface area contributed by atoms with Crippen LogP contribution in [0.15, 0.2) is 12.1 Å². The number of hydrogen-bond donors (Lipinski definition) is 1. The van der Waals surface area contributed by atoms with Crippen LogP contribution < -0.4 is 5.46 Å². The Kier molecular flexibility index (Phi) is 3.48. The second kappa shape index (κ2) is 4.61. The molecule has 8 heteroatoms. The molecule has 0 amide bonds. The molecule has 1 N–H and O–H groups in total. The van der Waals surface area contributed by atoms with E-state index in [4.69, 9.17) is 20.9 Å². The van der Waals surface area contributed by atoms with Gasteiger partial charge in [-0.1, -0.05) is 11.6 Å². The van der Waals surface area contributed by atoms with Crippen LogP contribution in [0.1, 0.15) is 27.7 Å². The Balaban J connectivity index is 2.41. The number of nitro groups is 1. The molecule has 0 unspecified atom stereocenters. The summed E-state index contributed by atoms with van der Waals surface area (Å²) in [6, 6.07) is 2.31. The van der Waals surface area contributed by atoms with Gasteiger partial charge in [-0.3, -0.25) is 10.1 Å². The van der Waals surface area contributed by atoms with Gasteiger partial charge in [-0.2, -0.15) is 0 Å². The minimum absolute atomic E-state index is 0.119. The molecule has 1 aliphatic rings. The molecule has 2 rings (SSSR count). The predicted octanol–water partition coefficient (Wildman–Crippen LogP) is 2.25. The highest BCUT2D eigenvalue weighted by atomic mass is 35.5. The molecule has 0 aromatic heterocycles. The molecule has 1 saturated heterocycles. The fourth-order valence-electron chi connectivity index (χ4n) is 1.86. The van der Waals surface area contributed by atoms with Crippen LogP contribution in [0.25, 0.3) is 0 Å². The number of rotatable bonds is 2. The molecule has 0 spiro atoms. The van der Waals surface area contributed by atoms with Crippen molar-refractivity contribution in [1.82, 2.24) is 0 Å². The Labute approximate surface area is 121 Å². The van der Waals surface area contributed by atoms with Gasteiger partial charge in [0, 0.05) is 16.6 Å². The Morgan fingerprint density at radius 1 is 1.25 bits per heavy atom. The van der Waals surface area contributed by atoms with Crippen molar-refractivity contribution in [2.24, 2.45) is 0 Å².